The molecule has 0 fully saturated rings. The molecule has 0 N–H and O–H groups in total. The Morgan fingerprint density at radius 2 is 1.20 bits per heavy atom. The summed E-state index contributed by atoms with van der Waals surface area (Å²) in [5.74, 6) is 0.317. The van der Waals surface area contributed by atoms with E-state index in [0.29, 0.717) is 5.92 Å². The van der Waals surface area contributed by atoms with E-state index in [2.05, 4.69) is 178 Å². The maximum absolute atomic E-state index is 2.35. The highest BCUT2D eigenvalue weighted by Gasteiger charge is 2.15. The standard InChI is InChI=1S/C40H39N/c1-5-6-7-9-13-31(3)40-29-39(25-20-32(40)4)41(37-16-10-8-11-17-37)38-26-23-34(24-27-38)36-15-12-14-35(28-36)33-21-18-30(2)19-22-33/h6-29,31H,5H2,1-4H3/b7-6-,13-9-. The van der Waals surface area contributed by atoms with Gasteiger partial charge in [0.15, 0.2) is 0 Å². The molecule has 5 rings (SSSR count). The van der Waals surface area contributed by atoms with E-state index in [9.17, 15) is 0 Å². The number of allylic oxidation sites excluding steroid dienone is 4. The van der Waals surface area contributed by atoms with E-state index in [1.54, 1.807) is 0 Å². The van der Waals surface area contributed by atoms with Gasteiger partial charge in [-0.25, -0.2) is 0 Å². The highest BCUT2D eigenvalue weighted by atomic mass is 15.1. The van der Waals surface area contributed by atoms with Crippen LogP contribution in [0, 0.1) is 13.8 Å². The number of para-hydroxylation sites is 1. The third kappa shape index (κ3) is 6.76. The molecule has 0 radical (unpaired) electrons. The fraction of sp³-hybridized carbons (Fsp3) is 0.150. The van der Waals surface area contributed by atoms with Gasteiger partial charge in [-0.15, -0.1) is 0 Å². The zero-order chi connectivity index (χ0) is 28.6. The van der Waals surface area contributed by atoms with E-state index in [1.807, 2.05) is 0 Å². The molecule has 0 saturated heterocycles. The van der Waals surface area contributed by atoms with Gasteiger partial charge in [-0.05, 0) is 102 Å². The van der Waals surface area contributed by atoms with Crippen LogP contribution < -0.4 is 4.90 Å². The first-order valence-electron chi connectivity index (χ1n) is 14.6. The molecule has 5 aromatic rings. The molecule has 0 spiro atoms. The Balaban J connectivity index is 1.49. The minimum atomic E-state index is 0.317. The van der Waals surface area contributed by atoms with E-state index in [1.165, 1.54) is 38.9 Å². The first-order chi connectivity index (χ1) is 20.0. The average molecular weight is 534 g/mol. The van der Waals surface area contributed by atoms with Gasteiger partial charge in [0.2, 0.25) is 0 Å². The van der Waals surface area contributed by atoms with Crippen molar-refractivity contribution in [1.82, 2.24) is 0 Å². The number of rotatable bonds is 9. The Morgan fingerprint density at radius 3 is 1.85 bits per heavy atom. The van der Waals surface area contributed by atoms with E-state index < -0.39 is 0 Å². The number of hydrogen-bond acceptors (Lipinski definition) is 1. The van der Waals surface area contributed by atoms with Gasteiger partial charge >= 0.3 is 0 Å². The first kappa shape index (κ1) is 27.9. The Kier molecular flexibility index (Phi) is 8.96. The Bertz CT molecular complexity index is 1620. The van der Waals surface area contributed by atoms with E-state index >= 15 is 0 Å². The molecule has 204 valence electrons. The number of anilines is 3. The normalized spacial score (nSPS) is 12.2. The van der Waals surface area contributed by atoms with Gasteiger partial charge in [0.25, 0.3) is 0 Å². The maximum atomic E-state index is 2.35. The van der Waals surface area contributed by atoms with Crippen molar-refractivity contribution >= 4 is 17.1 Å². The van der Waals surface area contributed by atoms with Crippen molar-refractivity contribution in [1.29, 1.82) is 0 Å². The molecule has 41 heavy (non-hydrogen) atoms. The number of benzene rings is 5. The molecule has 0 heterocycles. The second-order valence-corrected chi connectivity index (χ2v) is 10.7. The van der Waals surface area contributed by atoms with Gasteiger partial charge in [0.05, 0.1) is 0 Å². The predicted molar refractivity (Wildman–Crippen MR) is 178 cm³/mol. The number of nitrogens with zero attached hydrogens (tertiary/aromatic N) is 1. The van der Waals surface area contributed by atoms with Crippen LogP contribution in [0.2, 0.25) is 0 Å². The van der Waals surface area contributed by atoms with Crippen molar-refractivity contribution in [3.8, 4) is 22.3 Å². The Labute approximate surface area is 246 Å². The van der Waals surface area contributed by atoms with Crippen LogP contribution in [-0.4, -0.2) is 0 Å². The zero-order valence-electron chi connectivity index (χ0n) is 24.6. The van der Waals surface area contributed by atoms with Crippen molar-refractivity contribution < 1.29 is 0 Å². The Morgan fingerprint density at radius 1 is 0.585 bits per heavy atom. The van der Waals surface area contributed by atoms with Crippen LogP contribution in [0.25, 0.3) is 22.3 Å². The van der Waals surface area contributed by atoms with E-state index in [4.69, 9.17) is 0 Å². The van der Waals surface area contributed by atoms with Crippen molar-refractivity contribution in [2.24, 2.45) is 0 Å². The zero-order valence-corrected chi connectivity index (χ0v) is 24.6. The maximum Gasteiger partial charge on any atom is 0.0464 e. The molecule has 1 nitrogen and oxygen atoms in total. The van der Waals surface area contributed by atoms with Crippen LogP contribution in [0.1, 0.15) is 42.9 Å². The fourth-order valence-corrected chi connectivity index (χ4v) is 5.26. The summed E-state index contributed by atoms with van der Waals surface area (Å²) < 4.78 is 0. The highest BCUT2D eigenvalue weighted by Crippen LogP contribution is 2.38. The lowest BCUT2D eigenvalue weighted by atomic mass is 9.94. The molecule has 0 amide bonds. The van der Waals surface area contributed by atoms with Gasteiger partial charge in [-0.3, -0.25) is 0 Å². The molecule has 0 aliphatic rings. The number of hydrogen-bond donors (Lipinski definition) is 0. The highest BCUT2D eigenvalue weighted by molar-refractivity contribution is 5.80. The monoisotopic (exact) mass is 533 g/mol. The summed E-state index contributed by atoms with van der Waals surface area (Å²) in [6.07, 6.45) is 9.83. The van der Waals surface area contributed by atoms with Crippen molar-refractivity contribution in [3.05, 3.63) is 162 Å². The van der Waals surface area contributed by atoms with Gasteiger partial charge in [0, 0.05) is 17.1 Å². The second kappa shape index (κ2) is 13.2. The van der Waals surface area contributed by atoms with Gasteiger partial charge in [-0.2, -0.15) is 0 Å². The first-order valence-corrected chi connectivity index (χ1v) is 14.6. The lowest BCUT2D eigenvalue weighted by Gasteiger charge is -2.27. The second-order valence-electron chi connectivity index (χ2n) is 10.7. The molecule has 1 atom stereocenters. The minimum absolute atomic E-state index is 0.317. The molecule has 1 unspecified atom stereocenters. The van der Waals surface area contributed by atoms with Crippen LogP contribution >= 0.6 is 0 Å². The topological polar surface area (TPSA) is 3.24 Å². The molecule has 0 bridgehead atoms. The summed E-state index contributed by atoms with van der Waals surface area (Å²) >= 11 is 0. The molecular weight excluding hydrogens is 494 g/mol. The number of aryl methyl sites for hydroxylation is 2. The van der Waals surface area contributed by atoms with Crippen LogP contribution in [0.5, 0.6) is 0 Å². The van der Waals surface area contributed by atoms with Crippen LogP contribution in [0.15, 0.2) is 146 Å². The van der Waals surface area contributed by atoms with Gasteiger partial charge in [0.1, 0.15) is 0 Å². The third-order valence-electron chi connectivity index (χ3n) is 7.61. The van der Waals surface area contributed by atoms with Crippen LogP contribution in [-0.2, 0) is 0 Å². The van der Waals surface area contributed by atoms with Gasteiger partial charge < -0.3 is 4.90 Å². The summed E-state index contributed by atoms with van der Waals surface area (Å²) in [7, 11) is 0. The molecule has 0 aliphatic heterocycles. The Hall–Kier alpha value is -4.62. The lowest BCUT2D eigenvalue weighted by molar-refractivity contribution is 0.951. The van der Waals surface area contributed by atoms with Crippen molar-refractivity contribution in [2.45, 2.75) is 40.0 Å². The summed E-state index contributed by atoms with van der Waals surface area (Å²) in [5.41, 5.74) is 12.3. The summed E-state index contributed by atoms with van der Waals surface area (Å²) in [4.78, 5) is 2.35. The molecule has 5 aromatic carbocycles. The smallest absolute Gasteiger partial charge is 0.0464 e. The fourth-order valence-electron chi connectivity index (χ4n) is 5.26. The molecule has 0 aromatic heterocycles. The molecule has 0 saturated carbocycles. The largest absolute Gasteiger partial charge is 0.310 e. The summed E-state index contributed by atoms with van der Waals surface area (Å²) in [5, 5.41) is 0. The lowest BCUT2D eigenvalue weighted by Crippen LogP contribution is -2.10. The van der Waals surface area contributed by atoms with Gasteiger partial charge in [-0.1, -0.05) is 123 Å². The summed E-state index contributed by atoms with van der Waals surface area (Å²) in [6, 6.07) is 44.0. The van der Waals surface area contributed by atoms with E-state index in [0.717, 1.165) is 23.5 Å². The SMILES string of the molecule is CC/C=C\C=C/C(C)c1cc(N(c2ccccc2)c2ccc(-c3cccc(-c4ccc(C)cc4)c3)cc2)ccc1C. The molecule has 0 aliphatic carbocycles. The minimum Gasteiger partial charge on any atom is -0.310 e. The molecular formula is C40H39N. The predicted octanol–water partition coefficient (Wildman–Crippen LogP) is 11.7. The average Bonchev–Trinajstić information content (AvgIpc) is 3.01. The quantitative estimate of drug-likeness (QED) is 0.170. The van der Waals surface area contributed by atoms with Crippen LogP contribution in [0.4, 0.5) is 17.1 Å². The van der Waals surface area contributed by atoms with Crippen molar-refractivity contribution in [2.75, 3.05) is 4.90 Å². The third-order valence-corrected chi connectivity index (χ3v) is 7.61. The van der Waals surface area contributed by atoms with E-state index in [-0.39, 0.29) is 0 Å². The van der Waals surface area contributed by atoms with Crippen molar-refractivity contribution in [3.63, 3.8) is 0 Å². The molecule has 1 heteroatoms. The van der Waals surface area contributed by atoms with Crippen LogP contribution in [0.3, 0.4) is 0 Å². The summed E-state index contributed by atoms with van der Waals surface area (Å²) in [6.45, 7) is 8.77.